The highest BCUT2D eigenvalue weighted by atomic mass is 79.9. The summed E-state index contributed by atoms with van der Waals surface area (Å²) in [6.45, 7) is 0. The molecule has 4 heteroatoms. The van der Waals surface area contributed by atoms with E-state index < -0.39 is 0 Å². The quantitative estimate of drug-likeness (QED) is 0.757. The monoisotopic (exact) mass is 324 g/mol. The number of hydrogen-bond donors (Lipinski definition) is 0. The second kappa shape index (κ2) is 5.55. The van der Waals surface area contributed by atoms with Crippen molar-refractivity contribution in [3.05, 3.63) is 57.5 Å². The molecule has 0 saturated carbocycles. The van der Waals surface area contributed by atoms with E-state index in [1.54, 1.807) is 12.1 Å². The summed E-state index contributed by atoms with van der Waals surface area (Å²) >= 11 is 9.31. The molecule has 0 spiro atoms. The van der Waals surface area contributed by atoms with Crippen LogP contribution in [0.3, 0.4) is 0 Å². The van der Waals surface area contributed by atoms with Crippen molar-refractivity contribution in [1.29, 1.82) is 0 Å². The number of methoxy groups -OCH3 is 1. The summed E-state index contributed by atoms with van der Waals surface area (Å²) in [7, 11) is 1.37. The van der Waals surface area contributed by atoms with Gasteiger partial charge >= 0.3 is 5.97 Å². The number of esters is 1. The largest absolute Gasteiger partial charge is 0.465 e. The van der Waals surface area contributed by atoms with Gasteiger partial charge in [0.15, 0.2) is 0 Å². The average molecular weight is 326 g/mol. The van der Waals surface area contributed by atoms with E-state index in [1.165, 1.54) is 7.11 Å². The molecular weight excluding hydrogens is 316 g/mol. The van der Waals surface area contributed by atoms with Gasteiger partial charge in [0, 0.05) is 9.50 Å². The number of hydrogen-bond acceptors (Lipinski definition) is 2. The van der Waals surface area contributed by atoms with Crippen molar-refractivity contribution in [1.82, 2.24) is 0 Å². The maximum atomic E-state index is 11.8. The van der Waals surface area contributed by atoms with E-state index in [0.29, 0.717) is 10.6 Å². The van der Waals surface area contributed by atoms with Crippen molar-refractivity contribution in [3.8, 4) is 11.1 Å². The maximum absolute atomic E-state index is 11.8. The fraction of sp³-hybridized carbons (Fsp3) is 0.0714. The summed E-state index contributed by atoms with van der Waals surface area (Å²) in [6, 6.07) is 12.8. The second-order valence-electron chi connectivity index (χ2n) is 3.69. The Hall–Kier alpha value is -1.32. The van der Waals surface area contributed by atoms with Gasteiger partial charge in [0.1, 0.15) is 0 Å². The molecule has 0 aromatic heterocycles. The predicted octanol–water partition coefficient (Wildman–Crippen LogP) is 4.56. The highest BCUT2D eigenvalue weighted by Crippen LogP contribution is 2.28. The molecule has 0 heterocycles. The second-order valence-corrected chi connectivity index (χ2v) is 5.04. The summed E-state index contributed by atoms with van der Waals surface area (Å²) in [5, 5.41) is 0.631. The first-order chi connectivity index (χ1) is 8.61. The van der Waals surface area contributed by atoms with Crippen molar-refractivity contribution in [3.63, 3.8) is 0 Å². The fourth-order valence-electron chi connectivity index (χ4n) is 1.70. The van der Waals surface area contributed by atoms with Gasteiger partial charge in [-0.2, -0.15) is 0 Å². The molecule has 0 aliphatic heterocycles. The highest BCUT2D eigenvalue weighted by molar-refractivity contribution is 9.10. The standard InChI is InChI=1S/C14H10BrClO2/c1-18-14(17)13-8-10(15)5-6-12(13)9-3-2-4-11(16)7-9/h2-8H,1H3. The Morgan fingerprint density at radius 1 is 1.22 bits per heavy atom. The van der Waals surface area contributed by atoms with Crippen LogP contribution in [-0.4, -0.2) is 13.1 Å². The molecule has 0 N–H and O–H groups in total. The maximum Gasteiger partial charge on any atom is 0.338 e. The molecule has 18 heavy (non-hydrogen) atoms. The van der Waals surface area contributed by atoms with Crippen LogP contribution in [0.2, 0.25) is 5.02 Å². The fourth-order valence-corrected chi connectivity index (χ4v) is 2.25. The Kier molecular flexibility index (Phi) is 4.04. The Balaban J connectivity index is 2.60. The van der Waals surface area contributed by atoms with E-state index in [1.807, 2.05) is 30.3 Å². The van der Waals surface area contributed by atoms with Gasteiger partial charge in [-0.15, -0.1) is 0 Å². The molecule has 0 atom stereocenters. The van der Waals surface area contributed by atoms with Gasteiger partial charge in [0.25, 0.3) is 0 Å². The number of benzene rings is 2. The van der Waals surface area contributed by atoms with E-state index in [9.17, 15) is 4.79 Å². The Bertz CT molecular complexity index is 596. The van der Waals surface area contributed by atoms with E-state index >= 15 is 0 Å². The molecule has 0 radical (unpaired) electrons. The van der Waals surface area contributed by atoms with Crippen molar-refractivity contribution in [2.75, 3.05) is 7.11 Å². The third-order valence-corrected chi connectivity index (χ3v) is 3.25. The van der Waals surface area contributed by atoms with Crippen LogP contribution < -0.4 is 0 Å². The van der Waals surface area contributed by atoms with Gasteiger partial charge in [-0.3, -0.25) is 0 Å². The molecule has 0 bridgehead atoms. The highest BCUT2D eigenvalue weighted by Gasteiger charge is 2.13. The number of halogens is 2. The molecule has 2 aromatic rings. The molecule has 0 unspecified atom stereocenters. The van der Waals surface area contributed by atoms with Crippen LogP contribution in [0.25, 0.3) is 11.1 Å². The van der Waals surface area contributed by atoms with Gasteiger partial charge in [-0.25, -0.2) is 4.79 Å². The first-order valence-electron chi connectivity index (χ1n) is 5.25. The summed E-state index contributed by atoms with van der Waals surface area (Å²) in [6.07, 6.45) is 0. The molecule has 0 aliphatic carbocycles. The first kappa shape index (κ1) is 13.1. The summed E-state index contributed by atoms with van der Waals surface area (Å²) in [5.74, 6) is -0.369. The minimum atomic E-state index is -0.369. The van der Waals surface area contributed by atoms with Gasteiger partial charge in [-0.1, -0.05) is 45.7 Å². The van der Waals surface area contributed by atoms with E-state index in [4.69, 9.17) is 16.3 Å². The zero-order valence-electron chi connectivity index (χ0n) is 9.61. The third kappa shape index (κ3) is 2.74. The van der Waals surface area contributed by atoms with E-state index in [2.05, 4.69) is 15.9 Å². The number of ether oxygens (including phenoxy) is 1. The minimum Gasteiger partial charge on any atom is -0.465 e. The zero-order chi connectivity index (χ0) is 13.1. The Morgan fingerprint density at radius 2 is 2.00 bits per heavy atom. The van der Waals surface area contributed by atoms with E-state index in [-0.39, 0.29) is 5.97 Å². The van der Waals surface area contributed by atoms with Gasteiger partial charge < -0.3 is 4.74 Å². The molecule has 92 valence electrons. The molecule has 2 aromatic carbocycles. The van der Waals surface area contributed by atoms with Gasteiger partial charge in [-0.05, 0) is 35.4 Å². The van der Waals surface area contributed by atoms with Gasteiger partial charge in [0.2, 0.25) is 0 Å². The topological polar surface area (TPSA) is 26.3 Å². The molecule has 2 rings (SSSR count). The molecule has 0 amide bonds. The number of carbonyl (C=O) groups is 1. The lowest BCUT2D eigenvalue weighted by molar-refractivity contribution is 0.0601. The van der Waals surface area contributed by atoms with Crippen LogP contribution in [0.15, 0.2) is 46.9 Å². The lowest BCUT2D eigenvalue weighted by Gasteiger charge is -2.09. The molecule has 0 fully saturated rings. The smallest absolute Gasteiger partial charge is 0.338 e. The van der Waals surface area contributed by atoms with Crippen LogP contribution in [-0.2, 0) is 4.74 Å². The van der Waals surface area contributed by atoms with Crippen molar-refractivity contribution in [2.45, 2.75) is 0 Å². The lowest BCUT2D eigenvalue weighted by Crippen LogP contribution is -2.03. The molecule has 2 nitrogen and oxygen atoms in total. The van der Waals surface area contributed by atoms with Crippen LogP contribution in [0, 0.1) is 0 Å². The summed E-state index contributed by atoms with van der Waals surface area (Å²) < 4.78 is 5.62. The predicted molar refractivity (Wildman–Crippen MR) is 75.9 cm³/mol. The average Bonchev–Trinajstić information content (AvgIpc) is 2.37. The van der Waals surface area contributed by atoms with Crippen molar-refractivity contribution >= 4 is 33.5 Å². The van der Waals surface area contributed by atoms with Crippen LogP contribution >= 0.6 is 27.5 Å². The Morgan fingerprint density at radius 3 is 2.67 bits per heavy atom. The van der Waals surface area contributed by atoms with Crippen LogP contribution in [0.4, 0.5) is 0 Å². The molecular formula is C14H10BrClO2. The Labute approximate surface area is 119 Å². The minimum absolute atomic E-state index is 0.369. The SMILES string of the molecule is COC(=O)c1cc(Br)ccc1-c1cccc(Cl)c1. The summed E-state index contributed by atoms with van der Waals surface area (Å²) in [5.41, 5.74) is 2.19. The van der Waals surface area contributed by atoms with Crippen molar-refractivity contribution in [2.24, 2.45) is 0 Å². The zero-order valence-corrected chi connectivity index (χ0v) is 12.0. The number of rotatable bonds is 2. The van der Waals surface area contributed by atoms with E-state index in [0.717, 1.165) is 15.6 Å². The van der Waals surface area contributed by atoms with Gasteiger partial charge in [0.05, 0.1) is 12.7 Å². The normalized spacial score (nSPS) is 10.2. The van der Waals surface area contributed by atoms with Crippen LogP contribution in [0.5, 0.6) is 0 Å². The summed E-state index contributed by atoms with van der Waals surface area (Å²) in [4.78, 5) is 11.8. The first-order valence-corrected chi connectivity index (χ1v) is 6.42. The molecule has 0 saturated heterocycles. The number of carbonyl (C=O) groups excluding carboxylic acids is 1. The molecule has 0 aliphatic rings. The lowest BCUT2D eigenvalue weighted by atomic mass is 10.00. The van der Waals surface area contributed by atoms with Crippen molar-refractivity contribution < 1.29 is 9.53 Å². The third-order valence-electron chi connectivity index (χ3n) is 2.52. The van der Waals surface area contributed by atoms with Crippen LogP contribution in [0.1, 0.15) is 10.4 Å².